The average Bonchev–Trinajstić information content (AvgIpc) is 3.35. The lowest BCUT2D eigenvalue weighted by atomic mass is 10.1. The van der Waals surface area contributed by atoms with Crippen LogP contribution in [0, 0.1) is 0 Å². The molecule has 12 N–H and O–H groups in total. The highest BCUT2D eigenvalue weighted by Crippen LogP contribution is 2.06. The van der Waals surface area contributed by atoms with Gasteiger partial charge in [-0.25, -0.2) is 9.78 Å². The molecule has 0 aliphatic rings. The van der Waals surface area contributed by atoms with Crippen molar-refractivity contribution in [3.63, 3.8) is 0 Å². The smallest absolute Gasteiger partial charge is 0.326 e. The summed E-state index contributed by atoms with van der Waals surface area (Å²) >= 11 is 1.40. The monoisotopic (exact) mass is 557 g/mol. The zero-order valence-electron chi connectivity index (χ0n) is 20.9. The minimum Gasteiger partial charge on any atom is -0.481 e. The van der Waals surface area contributed by atoms with Crippen molar-refractivity contribution in [1.29, 1.82) is 0 Å². The molecule has 0 aliphatic carbocycles. The first-order chi connectivity index (χ1) is 17.9. The molecule has 0 spiro atoms. The summed E-state index contributed by atoms with van der Waals surface area (Å²) < 4.78 is 0. The number of nitrogens with one attached hydrogen (secondary N) is 4. The van der Waals surface area contributed by atoms with Crippen LogP contribution < -0.4 is 33.2 Å². The van der Waals surface area contributed by atoms with E-state index < -0.39 is 60.2 Å². The molecule has 0 saturated heterocycles. The number of thioether (sulfide) groups is 1. The number of aromatic amines is 1. The Bertz CT molecular complexity index is 970. The van der Waals surface area contributed by atoms with Gasteiger partial charge in [-0.1, -0.05) is 0 Å². The maximum atomic E-state index is 13.0. The van der Waals surface area contributed by atoms with Gasteiger partial charge in [-0.15, -0.1) is 0 Å². The lowest BCUT2D eigenvalue weighted by Gasteiger charge is -2.24. The minimum absolute atomic E-state index is 0.0900. The molecule has 0 saturated carbocycles. The number of hydrogen-bond acceptors (Lipinski definition) is 9. The molecule has 4 unspecified atom stereocenters. The number of amides is 3. The Morgan fingerprint density at radius 2 is 1.66 bits per heavy atom. The van der Waals surface area contributed by atoms with Crippen LogP contribution in [0.5, 0.6) is 0 Å². The predicted octanol–water partition coefficient (Wildman–Crippen LogP) is -2.90. The largest absolute Gasteiger partial charge is 0.481 e. The van der Waals surface area contributed by atoms with Gasteiger partial charge >= 0.3 is 11.9 Å². The number of hydrogen-bond donors (Lipinski definition) is 9. The van der Waals surface area contributed by atoms with Crippen LogP contribution in [0.15, 0.2) is 17.5 Å². The number of H-pyrrole nitrogens is 1. The van der Waals surface area contributed by atoms with Gasteiger partial charge in [-0.05, 0) is 31.3 Å². The summed E-state index contributed by atoms with van der Waals surface area (Å²) in [5.41, 5.74) is 16.8. The van der Waals surface area contributed by atoms with E-state index >= 15 is 0 Å². The van der Waals surface area contributed by atoms with E-state index in [2.05, 4.69) is 30.9 Å². The summed E-state index contributed by atoms with van der Waals surface area (Å²) in [5, 5.41) is 25.8. The second-order valence-corrected chi connectivity index (χ2v) is 9.22. The fourth-order valence-corrected chi connectivity index (χ4v) is 3.65. The number of carbonyl (C=O) groups is 5. The molecule has 1 heterocycles. The van der Waals surface area contributed by atoms with Gasteiger partial charge in [0.1, 0.15) is 18.1 Å². The van der Waals surface area contributed by atoms with Gasteiger partial charge in [0.2, 0.25) is 17.7 Å². The standard InChI is InChI=1S/C21H35N9O7S/c1-38-6-4-13(28-17(33)12(22)3-2-5-26-21(23)24)18(34)29-14(8-16(31)32)19(35)30-15(20(36)37)7-11-9-25-10-27-11/h9-10,12-15H,2-8,22H2,1H3,(H,25,27)(H,28,33)(H,29,34)(H,30,35)(H,31,32)(H,36,37)(H4,23,24,26). The number of guanidine groups is 1. The molecule has 0 fully saturated rings. The normalized spacial score (nSPS) is 13.8. The maximum Gasteiger partial charge on any atom is 0.326 e. The van der Waals surface area contributed by atoms with Crippen LogP contribution in [0.2, 0.25) is 0 Å². The topological polar surface area (TPSA) is 281 Å². The molecular formula is C21H35N9O7S. The van der Waals surface area contributed by atoms with Gasteiger partial charge in [-0.2, -0.15) is 11.8 Å². The Hall–Kier alpha value is -3.86. The van der Waals surface area contributed by atoms with E-state index in [1.54, 1.807) is 6.26 Å². The third-order valence-electron chi connectivity index (χ3n) is 5.15. The fraction of sp³-hybridized carbons (Fsp3) is 0.571. The van der Waals surface area contributed by atoms with E-state index in [1.807, 2.05) is 0 Å². The lowest BCUT2D eigenvalue weighted by molar-refractivity contribution is -0.143. The molecule has 1 aromatic rings. The maximum absolute atomic E-state index is 13.0. The summed E-state index contributed by atoms with van der Waals surface area (Å²) in [5.74, 6) is -4.86. The average molecular weight is 558 g/mol. The minimum atomic E-state index is -1.61. The third kappa shape index (κ3) is 12.4. The molecule has 212 valence electrons. The number of aliphatic carboxylic acids is 2. The van der Waals surface area contributed by atoms with Crippen molar-refractivity contribution in [2.45, 2.75) is 56.3 Å². The summed E-state index contributed by atoms with van der Waals surface area (Å²) in [6.07, 6.45) is 4.35. The molecule has 38 heavy (non-hydrogen) atoms. The van der Waals surface area contributed by atoms with Crippen molar-refractivity contribution in [1.82, 2.24) is 25.9 Å². The molecule has 4 atom stereocenters. The number of carboxylic acid groups (broad SMARTS) is 2. The fourth-order valence-electron chi connectivity index (χ4n) is 3.18. The van der Waals surface area contributed by atoms with E-state index in [0.717, 1.165) is 0 Å². The first kappa shape index (κ1) is 32.2. The molecular weight excluding hydrogens is 522 g/mol. The second kappa shape index (κ2) is 16.8. The number of rotatable bonds is 18. The zero-order valence-corrected chi connectivity index (χ0v) is 21.7. The molecule has 16 nitrogen and oxygen atoms in total. The van der Waals surface area contributed by atoms with Crippen LogP contribution in [-0.4, -0.2) is 98.5 Å². The van der Waals surface area contributed by atoms with Crippen LogP contribution in [0.4, 0.5) is 0 Å². The van der Waals surface area contributed by atoms with Crippen LogP contribution in [0.3, 0.4) is 0 Å². The summed E-state index contributed by atoms with van der Waals surface area (Å²) in [6, 6.07) is -5.11. The van der Waals surface area contributed by atoms with Crippen LogP contribution in [0.1, 0.15) is 31.4 Å². The Labute approximate surface area is 223 Å². The van der Waals surface area contributed by atoms with Crippen LogP contribution in [-0.2, 0) is 30.4 Å². The van der Waals surface area contributed by atoms with Gasteiger partial charge in [0.15, 0.2) is 5.96 Å². The third-order valence-corrected chi connectivity index (χ3v) is 5.80. The zero-order chi connectivity index (χ0) is 28.7. The molecule has 0 aliphatic heterocycles. The molecule has 1 rings (SSSR count). The number of carbonyl (C=O) groups excluding carboxylic acids is 3. The van der Waals surface area contributed by atoms with Gasteiger partial charge in [0, 0.05) is 24.9 Å². The molecule has 0 aromatic carbocycles. The number of nitrogens with two attached hydrogens (primary N) is 3. The van der Waals surface area contributed by atoms with E-state index in [4.69, 9.17) is 17.2 Å². The molecule has 1 aromatic heterocycles. The predicted molar refractivity (Wildman–Crippen MR) is 139 cm³/mol. The van der Waals surface area contributed by atoms with Gasteiger partial charge < -0.3 is 48.3 Å². The second-order valence-electron chi connectivity index (χ2n) is 8.24. The lowest BCUT2D eigenvalue weighted by Crippen LogP contribution is -2.57. The molecule has 17 heteroatoms. The van der Waals surface area contributed by atoms with E-state index in [-0.39, 0.29) is 31.8 Å². The molecule has 0 radical (unpaired) electrons. The summed E-state index contributed by atoms with van der Waals surface area (Å²) in [7, 11) is 0. The number of aliphatic imine (C=N–C) groups is 1. The van der Waals surface area contributed by atoms with Crippen molar-refractivity contribution >= 4 is 47.4 Å². The van der Waals surface area contributed by atoms with Crippen molar-refractivity contribution in [2.75, 3.05) is 18.6 Å². The summed E-state index contributed by atoms with van der Waals surface area (Å²) in [6.45, 7) is 0.267. The molecule has 3 amide bonds. The van der Waals surface area contributed by atoms with Gasteiger partial charge in [-0.3, -0.25) is 24.2 Å². The van der Waals surface area contributed by atoms with Gasteiger partial charge in [0.25, 0.3) is 0 Å². The number of carboxylic acids is 2. The summed E-state index contributed by atoms with van der Waals surface area (Å²) in [4.78, 5) is 71.7. The number of nitrogens with zero attached hydrogens (tertiary/aromatic N) is 2. The van der Waals surface area contributed by atoms with E-state index in [9.17, 15) is 34.2 Å². The Morgan fingerprint density at radius 1 is 1.03 bits per heavy atom. The Morgan fingerprint density at radius 3 is 2.21 bits per heavy atom. The van der Waals surface area contributed by atoms with Crippen LogP contribution in [0.25, 0.3) is 0 Å². The highest BCUT2D eigenvalue weighted by molar-refractivity contribution is 7.98. The molecule has 0 bridgehead atoms. The van der Waals surface area contributed by atoms with Crippen molar-refractivity contribution < 1.29 is 34.2 Å². The Balaban J connectivity index is 2.90. The van der Waals surface area contributed by atoms with E-state index in [0.29, 0.717) is 17.9 Å². The number of aromatic nitrogens is 2. The first-order valence-electron chi connectivity index (χ1n) is 11.6. The van der Waals surface area contributed by atoms with Crippen molar-refractivity contribution in [3.05, 3.63) is 18.2 Å². The van der Waals surface area contributed by atoms with Gasteiger partial charge in [0.05, 0.1) is 18.8 Å². The Kier molecular flexibility index (Phi) is 14.2. The first-order valence-corrected chi connectivity index (χ1v) is 13.0. The number of imidazole rings is 1. The van der Waals surface area contributed by atoms with Crippen LogP contribution >= 0.6 is 11.8 Å². The highest BCUT2D eigenvalue weighted by Gasteiger charge is 2.31. The van der Waals surface area contributed by atoms with Crippen molar-refractivity contribution in [3.8, 4) is 0 Å². The van der Waals surface area contributed by atoms with Crippen molar-refractivity contribution in [2.24, 2.45) is 22.2 Å². The quantitative estimate of drug-likeness (QED) is 0.0499. The SMILES string of the molecule is CSCCC(NC(=O)C(N)CCCN=C(N)N)C(=O)NC(CC(=O)O)C(=O)NC(Cc1cnc[nH]1)C(=O)O. The van der Waals surface area contributed by atoms with E-state index in [1.165, 1.54) is 24.3 Å². The highest BCUT2D eigenvalue weighted by atomic mass is 32.2.